The molecule has 2 N–H and O–H groups in total. The van der Waals surface area contributed by atoms with E-state index in [1.165, 1.54) is 11.1 Å². The Hall–Kier alpha value is -2.03. The molecule has 1 aromatic carbocycles. The van der Waals surface area contributed by atoms with Crippen molar-refractivity contribution in [2.75, 3.05) is 33.4 Å². The summed E-state index contributed by atoms with van der Waals surface area (Å²) in [6.07, 6.45) is 3.70. The lowest BCUT2D eigenvalue weighted by atomic mass is 10.1. The molecule has 0 atom stereocenters. The summed E-state index contributed by atoms with van der Waals surface area (Å²) in [4.78, 5) is 8.61. The van der Waals surface area contributed by atoms with E-state index in [0.717, 1.165) is 49.1 Å². The van der Waals surface area contributed by atoms with Crippen LogP contribution < -0.4 is 20.1 Å². The van der Waals surface area contributed by atoms with Gasteiger partial charge in [0.25, 0.3) is 0 Å². The van der Waals surface area contributed by atoms with Gasteiger partial charge in [-0.05, 0) is 62.9 Å². The lowest BCUT2D eigenvalue weighted by Crippen LogP contribution is -2.39. The van der Waals surface area contributed by atoms with Crippen molar-refractivity contribution in [3.8, 4) is 11.5 Å². The number of guanidine groups is 1. The van der Waals surface area contributed by atoms with E-state index >= 15 is 0 Å². The first-order valence-corrected chi connectivity index (χ1v) is 9.90. The Morgan fingerprint density at radius 3 is 2.14 bits per heavy atom. The van der Waals surface area contributed by atoms with Gasteiger partial charge in [-0.15, -0.1) is 24.0 Å². The second-order valence-corrected chi connectivity index (χ2v) is 6.38. The Morgan fingerprint density at radius 2 is 1.55 bits per heavy atom. The van der Waals surface area contributed by atoms with E-state index < -0.39 is 0 Å². The van der Waals surface area contributed by atoms with Crippen molar-refractivity contribution >= 4 is 29.9 Å². The lowest BCUT2D eigenvalue weighted by molar-refractivity contribution is 0.287. The van der Waals surface area contributed by atoms with Crippen LogP contribution in [0.5, 0.6) is 11.5 Å². The highest BCUT2D eigenvalue weighted by molar-refractivity contribution is 14.0. The van der Waals surface area contributed by atoms with Gasteiger partial charge in [-0.1, -0.05) is 12.1 Å². The number of halogens is 1. The van der Waals surface area contributed by atoms with E-state index in [9.17, 15) is 0 Å². The molecule has 0 aliphatic heterocycles. The molecule has 1 aromatic heterocycles. The quantitative estimate of drug-likeness (QED) is 0.289. The SMILES string of the molecule is CCOc1ccc(CCNC(=NC)NCCc2ccc(C)nc2)cc1OCC.I. The van der Waals surface area contributed by atoms with Gasteiger partial charge in [0.05, 0.1) is 13.2 Å². The Labute approximate surface area is 191 Å². The second-order valence-electron chi connectivity index (χ2n) is 6.38. The van der Waals surface area contributed by atoms with E-state index in [4.69, 9.17) is 9.47 Å². The van der Waals surface area contributed by atoms with Crippen molar-refractivity contribution in [2.24, 2.45) is 4.99 Å². The zero-order valence-corrected chi connectivity index (χ0v) is 20.2. The normalized spacial score (nSPS) is 10.8. The molecule has 0 amide bonds. The summed E-state index contributed by atoms with van der Waals surface area (Å²) in [5.74, 6) is 2.40. The highest BCUT2D eigenvalue weighted by atomic mass is 127. The lowest BCUT2D eigenvalue weighted by Gasteiger charge is -2.14. The number of rotatable bonds is 10. The molecule has 6 nitrogen and oxygen atoms in total. The summed E-state index contributed by atoms with van der Waals surface area (Å²) in [5, 5.41) is 6.70. The Kier molecular flexibility index (Phi) is 12.1. The minimum Gasteiger partial charge on any atom is -0.490 e. The summed E-state index contributed by atoms with van der Waals surface area (Å²) in [5.41, 5.74) is 3.45. The van der Waals surface area contributed by atoms with Crippen LogP contribution in [0.1, 0.15) is 30.7 Å². The van der Waals surface area contributed by atoms with Crippen molar-refractivity contribution in [3.63, 3.8) is 0 Å². The van der Waals surface area contributed by atoms with Crippen LogP contribution in [-0.4, -0.2) is 44.3 Å². The number of hydrogen-bond donors (Lipinski definition) is 2. The van der Waals surface area contributed by atoms with Gasteiger partial charge < -0.3 is 20.1 Å². The third-order valence-electron chi connectivity index (χ3n) is 4.22. The molecular weight excluding hydrogens is 479 g/mol. The smallest absolute Gasteiger partial charge is 0.190 e. The predicted octanol–water partition coefficient (Wildman–Crippen LogP) is 3.76. The zero-order valence-electron chi connectivity index (χ0n) is 17.8. The van der Waals surface area contributed by atoms with Gasteiger partial charge in [-0.2, -0.15) is 0 Å². The molecule has 7 heteroatoms. The van der Waals surface area contributed by atoms with Crippen LogP contribution in [0, 0.1) is 6.92 Å². The first-order valence-electron chi connectivity index (χ1n) is 9.90. The van der Waals surface area contributed by atoms with Crippen molar-refractivity contribution in [3.05, 3.63) is 53.3 Å². The van der Waals surface area contributed by atoms with Crippen molar-refractivity contribution in [2.45, 2.75) is 33.6 Å². The molecule has 29 heavy (non-hydrogen) atoms. The van der Waals surface area contributed by atoms with E-state index in [-0.39, 0.29) is 24.0 Å². The van der Waals surface area contributed by atoms with Crippen LogP contribution in [0.3, 0.4) is 0 Å². The second kappa shape index (κ2) is 14.0. The summed E-state index contributed by atoms with van der Waals surface area (Å²) in [6.45, 7) is 8.78. The van der Waals surface area contributed by atoms with Gasteiger partial charge in [0.15, 0.2) is 17.5 Å². The number of benzene rings is 1. The summed E-state index contributed by atoms with van der Waals surface area (Å²) in [7, 11) is 1.78. The maximum Gasteiger partial charge on any atom is 0.190 e. The minimum absolute atomic E-state index is 0. The molecule has 2 aromatic rings. The van der Waals surface area contributed by atoms with Gasteiger partial charge in [0, 0.05) is 32.0 Å². The van der Waals surface area contributed by atoms with Gasteiger partial charge in [0.2, 0.25) is 0 Å². The fourth-order valence-corrected chi connectivity index (χ4v) is 2.77. The first-order chi connectivity index (χ1) is 13.7. The van der Waals surface area contributed by atoms with Crippen LogP contribution in [0.25, 0.3) is 0 Å². The van der Waals surface area contributed by atoms with Crippen LogP contribution in [0.2, 0.25) is 0 Å². The van der Waals surface area contributed by atoms with E-state index in [2.05, 4.69) is 38.8 Å². The number of ether oxygens (including phenoxy) is 2. The summed E-state index contributed by atoms with van der Waals surface area (Å²) >= 11 is 0. The maximum absolute atomic E-state index is 5.69. The average molecular weight is 512 g/mol. The van der Waals surface area contributed by atoms with Gasteiger partial charge >= 0.3 is 0 Å². The van der Waals surface area contributed by atoms with E-state index in [1.807, 2.05) is 39.1 Å². The highest BCUT2D eigenvalue weighted by Crippen LogP contribution is 2.28. The zero-order chi connectivity index (χ0) is 20.2. The van der Waals surface area contributed by atoms with Gasteiger partial charge in [-0.25, -0.2) is 0 Å². The molecule has 0 aliphatic rings. The molecule has 1 heterocycles. The maximum atomic E-state index is 5.69. The fourth-order valence-electron chi connectivity index (χ4n) is 2.77. The van der Waals surface area contributed by atoms with Crippen molar-refractivity contribution in [1.29, 1.82) is 0 Å². The molecule has 0 bridgehead atoms. The molecule has 2 rings (SSSR count). The molecule has 0 saturated carbocycles. The summed E-state index contributed by atoms with van der Waals surface area (Å²) < 4.78 is 11.3. The van der Waals surface area contributed by atoms with E-state index in [1.54, 1.807) is 7.05 Å². The first kappa shape index (κ1) is 25.0. The molecule has 0 saturated heterocycles. The Bertz CT molecular complexity index is 751. The molecule has 0 unspecified atom stereocenters. The van der Waals surface area contributed by atoms with Gasteiger partial charge in [0.1, 0.15) is 0 Å². The van der Waals surface area contributed by atoms with Crippen LogP contribution in [-0.2, 0) is 12.8 Å². The topological polar surface area (TPSA) is 67.8 Å². The number of nitrogens with zero attached hydrogens (tertiary/aromatic N) is 2. The number of nitrogens with one attached hydrogen (secondary N) is 2. The Morgan fingerprint density at radius 1 is 0.931 bits per heavy atom. The fraction of sp³-hybridized carbons (Fsp3) is 0.455. The Balaban J connectivity index is 0.00000420. The molecule has 0 aliphatic carbocycles. The average Bonchev–Trinajstić information content (AvgIpc) is 2.70. The number of aryl methyl sites for hydroxylation is 1. The molecule has 0 radical (unpaired) electrons. The number of aromatic nitrogens is 1. The predicted molar refractivity (Wildman–Crippen MR) is 130 cm³/mol. The molecule has 0 spiro atoms. The summed E-state index contributed by atoms with van der Waals surface area (Å²) in [6, 6.07) is 10.3. The third kappa shape index (κ3) is 8.89. The van der Waals surface area contributed by atoms with Crippen molar-refractivity contribution < 1.29 is 9.47 Å². The number of aliphatic imine (C=N–C) groups is 1. The van der Waals surface area contributed by atoms with Gasteiger partial charge in [-0.3, -0.25) is 9.98 Å². The monoisotopic (exact) mass is 512 g/mol. The van der Waals surface area contributed by atoms with Crippen molar-refractivity contribution in [1.82, 2.24) is 15.6 Å². The largest absolute Gasteiger partial charge is 0.490 e. The minimum atomic E-state index is 0. The van der Waals surface area contributed by atoms with E-state index in [0.29, 0.717) is 13.2 Å². The van der Waals surface area contributed by atoms with Crippen LogP contribution in [0.4, 0.5) is 0 Å². The standard InChI is InChI=1S/C22H32N4O2.HI/c1-5-27-20-10-9-18(15-21(20)28-6-2)11-13-24-22(23-4)25-14-12-19-8-7-17(3)26-16-19;/h7-10,15-16H,5-6,11-14H2,1-4H3,(H2,23,24,25);1H. The molecule has 160 valence electrons. The van der Waals surface area contributed by atoms with Crippen LogP contribution in [0.15, 0.2) is 41.5 Å². The number of pyridine rings is 1. The molecular formula is C22H33IN4O2. The third-order valence-corrected chi connectivity index (χ3v) is 4.22. The van der Waals surface area contributed by atoms with Crippen LogP contribution >= 0.6 is 24.0 Å². The highest BCUT2D eigenvalue weighted by Gasteiger charge is 2.06. The number of hydrogen-bond acceptors (Lipinski definition) is 4. The molecule has 0 fully saturated rings.